The van der Waals surface area contributed by atoms with Crippen LogP contribution in [0.15, 0.2) is 6.20 Å². The van der Waals surface area contributed by atoms with E-state index in [9.17, 15) is 14.7 Å². The molecule has 0 aromatic carbocycles. The Hall–Kier alpha value is -1.63. The van der Waals surface area contributed by atoms with E-state index in [0.717, 1.165) is 17.8 Å². The second-order valence-corrected chi connectivity index (χ2v) is 6.58. The summed E-state index contributed by atoms with van der Waals surface area (Å²) in [6.45, 7) is 6.27. The lowest BCUT2D eigenvalue weighted by atomic mass is 10.0. The van der Waals surface area contributed by atoms with E-state index < -0.39 is 12.0 Å². The number of aliphatic carboxylic acids is 1. The van der Waals surface area contributed by atoms with E-state index in [1.165, 1.54) is 9.78 Å². The standard InChI is InChI=1S/C14H21N3O3S/c1-4-10-7-15-12(21-10)9(3)16-14(20)17-6-5-8(2)11(17)13(18)19/h7-9,11H,4-6H2,1-3H3,(H,16,20)(H,18,19). The summed E-state index contributed by atoms with van der Waals surface area (Å²) in [4.78, 5) is 30.5. The first-order valence-corrected chi connectivity index (χ1v) is 8.00. The molecule has 2 heterocycles. The van der Waals surface area contributed by atoms with Gasteiger partial charge in [-0.2, -0.15) is 0 Å². The average Bonchev–Trinajstić information content (AvgIpc) is 3.04. The minimum absolute atomic E-state index is 0.0184. The number of carboxylic acids is 1. The number of nitrogens with one attached hydrogen (secondary N) is 1. The second kappa shape index (κ2) is 6.43. The Morgan fingerprint density at radius 2 is 2.33 bits per heavy atom. The maximum atomic E-state index is 12.3. The minimum atomic E-state index is -0.940. The molecule has 116 valence electrons. The van der Waals surface area contributed by atoms with Gasteiger partial charge in [0.1, 0.15) is 11.0 Å². The van der Waals surface area contributed by atoms with Crippen LogP contribution in [-0.4, -0.2) is 39.6 Å². The lowest BCUT2D eigenvalue weighted by molar-refractivity contribution is -0.142. The molecule has 1 fully saturated rings. The molecule has 7 heteroatoms. The fraction of sp³-hybridized carbons (Fsp3) is 0.643. The molecule has 2 N–H and O–H groups in total. The molecule has 1 aromatic heterocycles. The van der Waals surface area contributed by atoms with Gasteiger partial charge in [0.15, 0.2) is 0 Å². The van der Waals surface area contributed by atoms with Gasteiger partial charge >= 0.3 is 12.0 Å². The largest absolute Gasteiger partial charge is 0.480 e. The molecule has 2 rings (SSSR count). The van der Waals surface area contributed by atoms with Gasteiger partial charge in [0, 0.05) is 17.6 Å². The van der Waals surface area contributed by atoms with Crippen molar-refractivity contribution in [1.29, 1.82) is 0 Å². The van der Waals surface area contributed by atoms with Crippen molar-refractivity contribution in [2.45, 2.75) is 45.7 Å². The number of aryl methyl sites for hydroxylation is 1. The molecule has 1 saturated heterocycles. The number of hydrogen-bond donors (Lipinski definition) is 2. The van der Waals surface area contributed by atoms with E-state index in [-0.39, 0.29) is 18.0 Å². The number of hydrogen-bond acceptors (Lipinski definition) is 4. The Morgan fingerprint density at radius 3 is 2.90 bits per heavy atom. The van der Waals surface area contributed by atoms with Crippen LogP contribution in [0.1, 0.15) is 43.1 Å². The summed E-state index contributed by atoms with van der Waals surface area (Å²) >= 11 is 1.57. The summed E-state index contributed by atoms with van der Waals surface area (Å²) < 4.78 is 0. The third-order valence-corrected chi connectivity index (χ3v) is 5.17. The number of aromatic nitrogens is 1. The summed E-state index contributed by atoms with van der Waals surface area (Å²) in [7, 11) is 0. The van der Waals surface area contributed by atoms with Gasteiger partial charge in [0.2, 0.25) is 0 Å². The van der Waals surface area contributed by atoms with Gasteiger partial charge in [0.25, 0.3) is 0 Å². The Balaban J connectivity index is 2.02. The number of amides is 2. The van der Waals surface area contributed by atoms with Gasteiger partial charge in [0.05, 0.1) is 6.04 Å². The van der Waals surface area contributed by atoms with Crippen LogP contribution in [0.25, 0.3) is 0 Å². The van der Waals surface area contributed by atoms with Crippen molar-refractivity contribution < 1.29 is 14.7 Å². The SMILES string of the molecule is CCc1cnc(C(C)NC(=O)N2CCC(C)C2C(=O)O)s1. The first-order chi connectivity index (χ1) is 9.93. The van der Waals surface area contributed by atoms with E-state index in [0.29, 0.717) is 6.54 Å². The predicted octanol–water partition coefficient (Wildman–Crippen LogP) is 2.27. The maximum absolute atomic E-state index is 12.3. The smallest absolute Gasteiger partial charge is 0.326 e. The van der Waals surface area contributed by atoms with Crippen LogP contribution in [0.4, 0.5) is 4.79 Å². The molecule has 0 spiro atoms. The molecule has 0 radical (unpaired) electrons. The van der Waals surface area contributed by atoms with Crippen LogP contribution >= 0.6 is 11.3 Å². The number of likely N-dealkylation sites (tertiary alicyclic amines) is 1. The van der Waals surface area contributed by atoms with E-state index in [2.05, 4.69) is 17.2 Å². The fourth-order valence-electron chi connectivity index (χ4n) is 2.57. The first kappa shape index (κ1) is 15.8. The molecule has 2 amide bonds. The maximum Gasteiger partial charge on any atom is 0.326 e. The summed E-state index contributed by atoms with van der Waals surface area (Å²) in [6.07, 6.45) is 3.46. The summed E-state index contributed by atoms with van der Waals surface area (Å²) in [5.74, 6) is -0.958. The highest BCUT2D eigenvalue weighted by molar-refractivity contribution is 7.11. The molecule has 1 aliphatic rings. The van der Waals surface area contributed by atoms with Crippen molar-refractivity contribution in [3.8, 4) is 0 Å². The molecular formula is C14H21N3O3S. The molecule has 1 aliphatic heterocycles. The zero-order valence-corrected chi connectivity index (χ0v) is 13.3. The quantitative estimate of drug-likeness (QED) is 0.893. The third kappa shape index (κ3) is 3.34. The number of thiazole rings is 1. The van der Waals surface area contributed by atoms with Crippen LogP contribution in [-0.2, 0) is 11.2 Å². The van der Waals surface area contributed by atoms with Crippen molar-refractivity contribution >= 4 is 23.3 Å². The highest BCUT2D eigenvalue weighted by atomic mass is 32.1. The highest BCUT2D eigenvalue weighted by Gasteiger charge is 2.39. The van der Waals surface area contributed by atoms with E-state index in [4.69, 9.17) is 0 Å². The second-order valence-electron chi connectivity index (χ2n) is 5.43. The number of nitrogens with zero attached hydrogens (tertiary/aromatic N) is 2. The number of carboxylic acid groups (broad SMARTS) is 1. The number of rotatable bonds is 4. The summed E-state index contributed by atoms with van der Waals surface area (Å²) in [5.41, 5.74) is 0. The summed E-state index contributed by atoms with van der Waals surface area (Å²) in [6, 6.07) is -1.28. The zero-order valence-electron chi connectivity index (χ0n) is 12.5. The molecule has 6 nitrogen and oxygen atoms in total. The van der Waals surface area contributed by atoms with Gasteiger partial charge in [-0.05, 0) is 25.7 Å². The topological polar surface area (TPSA) is 82.5 Å². The van der Waals surface area contributed by atoms with Gasteiger partial charge in [-0.1, -0.05) is 13.8 Å². The molecule has 21 heavy (non-hydrogen) atoms. The molecule has 3 atom stereocenters. The number of carbonyl (C=O) groups excluding carboxylic acids is 1. The van der Waals surface area contributed by atoms with Crippen LogP contribution in [0.5, 0.6) is 0 Å². The van der Waals surface area contributed by atoms with Gasteiger partial charge in [-0.3, -0.25) is 0 Å². The van der Waals surface area contributed by atoms with Gasteiger partial charge in [-0.25, -0.2) is 14.6 Å². The Bertz CT molecular complexity index is 531. The number of urea groups is 1. The van der Waals surface area contributed by atoms with Crippen LogP contribution < -0.4 is 5.32 Å². The molecule has 0 bridgehead atoms. The van der Waals surface area contributed by atoms with Crippen molar-refractivity contribution in [1.82, 2.24) is 15.2 Å². The normalized spacial score (nSPS) is 23.1. The van der Waals surface area contributed by atoms with Crippen molar-refractivity contribution in [3.63, 3.8) is 0 Å². The molecule has 1 aromatic rings. The van der Waals surface area contributed by atoms with E-state index in [1.54, 1.807) is 11.3 Å². The average molecular weight is 311 g/mol. The van der Waals surface area contributed by atoms with E-state index >= 15 is 0 Å². The molecular weight excluding hydrogens is 290 g/mol. The fourth-order valence-corrected chi connectivity index (χ4v) is 3.43. The van der Waals surface area contributed by atoms with Crippen molar-refractivity contribution in [3.05, 3.63) is 16.1 Å². The molecule has 0 saturated carbocycles. The predicted molar refractivity (Wildman–Crippen MR) is 80.3 cm³/mol. The Labute approximate surface area is 128 Å². The summed E-state index contributed by atoms with van der Waals surface area (Å²) in [5, 5.41) is 13.0. The van der Waals surface area contributed by atoms with Crippen LogP contribution in [0.2, 0.25) is 0 Å². The lowest BCUT2D eigenvalue weighted by Gasteiger charge is -2.25. The lowest BCUT2D eigenvalue weighted by Crippen LogP contribution is -2.48. The Morgan fingerprint density at radius 1 is 1.62 bits per heavy atom. The molecule has 3 unspecified atom stereocenters. The van der Waals surface area contributed by atoms with Crippen LogP contribution in [0, 0.1) is 5.92 Å². The van der Waals surface area contributed by atoms with Crippen molar-refractivity contribution in [2.24, 2.45) is 5.92 Å². The molecule has 0 aliphatic carbocycles. The monoisotopic (exact) mass is 311 g/mol. The number of carbonyl (C=O) groups is 2. The van der Waals surface area contributed by atoms with Crippen LogP contribution in [0.3, 0.4) is 0 Å². The zero-order chi connectivity index (χ0) is 15.6. The Kier molecular flexibility index (Phi) is 4.82. The van der Waals surface area contributed by atoms with Crippen molar-refractivity contribution in [2.75, 3.05) is 6.54 Å². The minimum Gasteiger partial charge on any atom is -0.480 e. The third-order valence-electron chi connectivity index (χ3n) is 3.84. The highest BCUT2D eigenvalue weighted by Crippen LogP contribution is 2.25. The first-order valence-electron chi connectivity index (χ1n) is 7.18. The van der Waals surface area contributed by atoms with E-state index in [1.807, 2.05) is 20.0 Å². The van der Waals surface area contributed by atoms with Gasteiger partial charge in [-0.15, -0.1) is 11.3 Å². The van der Waals surface area contributed by atoms with Gasteiger partial charge < -0.3 is 15.3 Å².